The van der Waals surface area contributed by atoms with E-state index in [1.165, 1.54) is 11.6 Å². The van der Waals surface area contributed by atoms with E-state index in [1.807, 2.05) is 24.4 Å². The van der Waals surface area contributed by atoms with Crippen LogP contribution in [0.3, 0.4) is 0 Å². The lowest BCUT2D eigenvalue weighted by molar-refractivity contribution is 0.0954. The van der Waals surface area contributed by atoms with Crippen molar-refractivity contribution >= 4 is 21.6 Å². The molecule has 2 aromatic carbocycles. The molecular weight excluding hydrogens is 376 g/mol. The minimum absolute atomic E-state index is 0.265. The Morgan fingerprint density at radius 3 is 2.64 bits per heavy atom. The summed E-state index contributed by atoms with van der Waals surface area (Å²) in [6, 6.07) is 16.5. The van der Waals surface area contributed by atoms with Crippen LogP contribution in [0.1, 0.15) is 21.7 Å². The number of rotatable bonds is 8. The van der Waals surface area contributed by atoms with Crippen LogP contribution in [0.5, 0.6) is 0 Å². The number of carbonyl (C=O) groups is 1. The predicted octanol–water partition coefficient (Wildman–Crippen LogP) is 2.28. The summed E-state index contributed by atoms with van der Waals surface area (Å²) in [5.41, 5.74) is 1.93. The van der Waals surface area contributed by atoms with Gasteiger partial charge in [0, 0.05) is 43.2 Å². The van der Waals surface area contributed by atoms with Gasteiger partial charge in [-0.25, -0.2) is 13.4 Å². The number of sulfonamides is 1. The molecule has 0 spiro atoms. The van der Waals surface area contributed by atoms with E-state index >= 15 is 0 Å². The third-order valence-electron chi connectivity index (χ3n) is 4.06. The Morgan fingerprint density at radius 1 is 1.11 bits per heavy atom. The average Bonchev–Trinajstić information content (AvgIpc) is 3.08. The Labute approximate surface area is 164 Å². The molecule has 0 atom stereocenters. The summed E-state index contributed by atoms with van der Waals surface area (Å²) >= 11 is 0. The lowest BCUT2D eigenvalue weighted by Crippen LogP contribution is -2.26. The molecular formula is C20H22N4O3S. The number of imidazole rings is 1. The molecule has 0 aliphatic rings. The van der Waals surface area contributed by atoms with Gasteiger partial charge in [0.25, 0.3) is 5.91 Å². The van der Waals surface area contributed by atoms with E-state index in [4.69, 9.17) is 0 Å². The van der Waals surface area contributed by atoms with Gasteiger partial charge in [-0.3, -0.25) is 9.52 Å². The van der Waals surface area contributed by atoms with Crippen LogP contribution < -0.4 is 10.0 Å². The van der Waals surface area contributed by atoms with Crippen molar-refractivity contribution in [1.29, 1.82) is 0 Å². The lowest BCUT2D eigenvalue weighted by Gasteiger charge is -2.10. The number of hydrogen-bond donors (Lipinski definition) is 2. The van der Waals surface area contributed by atoms with E-state index in [2.05, 4.69) is 31.7 Å². The smallest absolute Gasteiger partial charge is 0.251 e. The van der Waals surface area contributed by atoms with Gasteiger partial charge in [0.1, 0.15) is 5.82 Å². The second-order valence-electron chi connectivity index (χ2n) is 6.42. The summed E-state index contributed by atoms with van der Waals surface area (Å²) < 4.78 is 27.1. The normalized spacial score (nSPS) is 11.2. The highest BCUT2D eigenvalue weighted by atomic mass is 32.2. The van der Waals surface area contributed by atoms with Crippen LogP contribution in [0.25, 0.3) is 0 Å². The van der Waals surface area contributed by atoms with Gasteiger partial charge in [-0.15, -0.1) is 0 Å². The maximum absolute atomic E-state index is 12.4. The fourth-order valence-corrected chi connectivity index (χ4v) is 3.38. The molecule has 0 radical (unpaired) electrons. The van der Waals surface area contributed by atoms with Crippen LogP contribution in [0.2, 0.25) is 0 Å². The molecule has 0 unspecified atom stereocenters. The molecule has 0 saturated carbocycles. The molecule has 0 saturated heterocycles. The molecule has 28 heavy (non-hydrogen) atoms. The highest BCUT2D eigenvalue weighted by Crippen LogP contribution is 2.12. The minimum Gasteiger partial charge on any atom is -0.352 e. The van der Waals surface area contributed by atoms with Crippen molar-refractivity contribution in [2.45, 2.75) is 13.0 Å². The Kier molecular flexibility index (Phi) is 6.10. The van der Waals surface area contributed by atoms with Gasteiger partial charge in [0.2, 0.25) is 10.0 Å². The van der Waals surface area contributed by atoms with Crippen LogP contribution >= 0.6 is 0 Å². The predicted molar refractivity (Wildman–Crippen MR) is 109 cm³/mol. The first-order chi connectivity index (χ1) is 13.4. The SMILES string of the molecule is CS(=O)(=O)Nc1cccc(C(=O)NCCc2nccn2Cc2ccccc2)c1. The third kappa shape index (κ3) is 5.68. The van der Waals surface area contributed by atoms with E-state index < -0.39 is 10.0 Å². The van der Waals surface area contributed by atoms with Gasteiger partial charge in [0.05, 0.1) is 6.26 Å². The lowest BCUT2D eigenvalue weighted by atomic mass is 10.2. The first-order valence-corrected chi connectivity index (χ1v) is 10.7. The monoisotopic (exact) mass is 398 g/mol. The van der Waals surface area contributed by atoms with Gasteiger partial charge >= 0.3 is 0 Å². The molecule has 0 bridgehead atoms. The maximum atomic E-state index is 12.4. The molecule has 2 N–H and O–H groups in total. The molecule has 0 aliphatic heterocycles. The molecule has 8 heteroatoms. The Morgan fingerprint density at radius 2 is 1.89 bits per heavy atom. The fraction of sp³-hybridized carbons (Fsp3) is 0.200. The zero-order chi connectivity index (χ0) is 20.0. The van der Waals surface area contributed by atoms with Gasteiger partial charge in [-0.2, -0.15) is 0 Å². The standard InChI is InChI=1S/C20H22N4O3S/c1-28(26,27)23-18-9-5-8-17(14-18)20(25)22-11-10-19-21-12-13-24(19)15-16-6-3-2-4-7-16/h2-9,12-14,23H,10-11,15H2,1H3,(H,22,25). The number of benzene rings is 2. The van der Waals surface area contributed by atoms with Crippen molar-refractivity contribution in [1.82, 2.24) is 14.9 Å². The Bertz CT molecular complexity index is 1050. The van der Waals surface area contributed by atoms with Crippen LogP contribution in [0, 0.1) is 0 Å². The first-order valence-electron chi connectivity index (χ1n) is 8.81. The largest absolute Gasteiger partial charge is 0.352 e. The van der Waals surface area contributed by atoms with Crippen molar-refractivity contribution in [3.05, 3.63) is 83.9 Å². The highest BCUT2D eigenvalue weighted by Gasteiger charge is 2.09. The molecule has 146 valence electrons. The van der Waals surface area contributed by atoms with E-state index in [-0.39, 0.29) is 5.91 Å². The number of amides is 1. The zero-order valence-corrected chi connectivity index (χ0v) is 16.3. The van der Waals surface area contributed by atoms with Crippen LogP contribution in [-0.2, 0) is 23.0 Å². The quantitative estimate of drug-likeness (QED) is 0.609. The summed E-state index contributed by atoms with van der Waals surface area (Å²) in [4.78, 5) is 16.7. The van der Waals surface area contributed by atoms with Gasteiger partial charge in [0.15, 0.2) is 0 Å². The van der Waals surface area contributed by atoms with Gasteiger partial charge in [-0.1, -0.05) is 36.4 Å². The molecule has 1 heterocycles. The number of aromatic nitrogens is 2. The van der Waals surface area contributed by atoms with Crippen LogP contribution in [-0.4, -0.2) is 36.7 Å². The Balaban J connectivity index is 1.57. The van der Waals surface area contributed by atoms with Crippen molar-refractivity contribution in [2.24, 2.45) is 0 Å². The Hall–Kier alpha value is -3.13. The van der Waals surface area contributed by atoms with Crippen molar-refractivity contribution in [3.8, 4) is 0 Å². The summed E-state index contributed by atoms with van der Waals surface area (Å²) in [5.74, 6) is 0.620. The molecule has 0 fully saturated rings. The van der Waals surface area contributed by atoms with Crippen molar-refractivity contribution < 1.29 is 13.2 Å². The van der Waals surface area contributed by atoms with Gasteiger partial charge in [-0.05, 0) is 23.8 Å². The molecule has 0 aliphatic carbocycles. The topological polar surface area (TPSA) is 93.1 Å². The number of hydrogen-bond acceptors (Lipinski definition) is 4. The average molecular weight is 398 g/mol. The summed E-state index contributed by atoms with van der Waals surface area (Å²) in [5, 5.41) is 2.85. The summed E-state index contributed by atoms with van der Waals surface area (Å²) in [6.07, 6.45) is 5.33. The number of anilines is 1. The molecule has 1 amide bonds. The second kappa shape index (κ2) is 8.71. The maximum Gasteiger partial charge on any atom is 0.251 e. The van der Waals surface area contributed by atoms with E-state index in [0.717, 1.165) is 18.6 Å². The van der Waals surface area contributed by atoms with Crippen LogP contribution in [0.15, 0.2) is 67.0 Å². The van der Waals surface area contributed by atoms with E-state index in [9.17, 15) is 13.2 Å². The first kappa shape index (κ1) is 19.6. The third-order valence-corrected chi connectivity index (χ3v) is 4.67. The molecule has 1 aromatic heterocycles. The van der Waals surface area contributed by atoms with Crippen molar-refractivity contribution in [2.75, 3.05) is 17.5 Å². The molecule has 3 aromatic rings. The van der Waals surface area contributed by atoms with E-state index in [1.54, 1.807) is 24.4 Å². The zero-order valence-electron chi connectivity index (χ0n) is 15.5. The van der Waals surface area contributed by atoms with Gasteiger partial charge < -0.3 is 9.88 Å². The minimum atomic E-state index is -3.39. The second-order valence-corrected chi connectivity index (χ2v) is 8.17. The summed E-state index contributed by atoms with van der Waals surface area (Å²) in [6.45, 7) is 1.15. The summed E-state index contributed by atoms with van der Waals surface area (Å²) in [7, 11) is -3.39. The molecule has 7 nitrogen and oxygen atoms in total. The number of nitrogens with zero attached hydrogens (tertiary/aromatic N) is 2. The van der Waals surface area contributed by atoms with E-state index in [0.29, 0.717) is 24.2 Å². The molecule has 3 rings (SSSR count). The van der Waals surface area contributed by atoms with Crippen molar-refractivity contribution in [3.63, 3.8) is 0 Å². The fourth-order valence-electron chi connectivity index (χ4n) is 2.82. The highest BCUT2D eigenvalue weighted by molar-refractivity contribution is 7.92. The number of nitrogens with one attached hydrogen (secondary N) is 2. The number of carbonyl (C=O) groups excluding carboxylic acids is 1. The van der Waals surface area contributed by atoms with Crippen LogP contribution in [0.4, 0.5) is 5.69 Å².